The van der Waals surface area contributed by atoms with E-state index in [1.54, 1.807) is 12.1 Å². The van der Waals surface area contributed by atoms with Crippen molar-refractivity contribution < 1.29 is 9.18 Å². The summed E-state index contributed by atoms with van der Waals surface area (Å²) in [5, 5.41) is 2.83. The van der Waals surface area contributed by atoms with Crippen LogP contribution in [0.5, 0.6) is 0 Å². The predicted octanol–water partition coefficient (Wildman–Crippen LogP) is 0.617. The average Bonchev–Trinajstić information content (AvgIpc) is 2.74. The van der Waals surface area contributed by atoms with Crippen LogP contribution in [0.1, 0.15) is 5.56 Å². The number of nitrogens with two attached hydrogens (primary N) is 1. The lowest BCUT2D eigenvalue weighted by Crippen LogP contribution is -2.51. The summed E-state index contributed by atoms with van der Waals surface area (Å²) >= 11 is 0. The number of hydrogen-bond acceptors (Lipinski definition) is 3. The second-order valence-electron chi connectivity index (χ2n) is 5.12. The number of anilines is 1. The van der Waals surface area contributed by atoms with Gasteiger partial charge in [0.2, 0.25) is 0 Å². The molecular weight excluding hydrogens is 247 g/mol. The van der Waals surface area contributed by atoms with E-state index in [-0.39, 0.29) is 17.9 Å². The monoisotopic (exact) mass is 264 g/mol. The Bertz CT molecular complexity index is 507. The van der Waals surface area contributed by atoms with Crippen LogP contribution in [0, 0.1) is 5.82 Å². The minimum Gasteiger partial charge on any atom is -0.399 e. The zero-order valence-corrected chi connectivity index (χ0v) is 10.6. The fourth-order valence-electron chi connectivity index (χ4n) is 2.74. The van der Waals surface area contributed by atoms with Crippen molar-refractivity contribution in [1.82, 2.24) is 15.1 Å². The predicted molar refractivity (Wildman–Crippen MR) is 70.0 cm³/mol. The lowest BCUT2D eigenvalue weighted by molar-refractivity contribution is 0.116. The highest BCUT2D eigenvalue weighted by Gasteiger charge is 2.35. The van der Waals surface area contributed by atoms with E-state index in [9.17, 15) is 9.18 Å². The molecule has 1 aromatic carbocycles. The van der Waals surface area contributed by atoms with E-state index in [0.717, 1.165) is 13.1 Å². The first-order valence-electron chi connectivity index (χ1n) is 6.44. The number of amides is 2. The first-order valence-corrected chi connectivity index (χ1v) is 6.44. The quantitative estimate of drug-likeness (QED) is 0.770. The Hall–Kier alpha value is -1.82. The second kappa shape index (κ2) is 4.70. The van der Waals surface area contributed by atoms with E-state index in [1.165, 1.54) is 6.07 Å². The summed E-state index contributed by atoms with van der Waals surface area (Å²) in [6.45, 7) is 3.49. The van der Waals surface area contributed by atoms with Crippen molar-refractivity contribution in [1.29, 1.82) is 0 Å². The Morgan fingerprint density at radius 1 is 1.42 bits per heavy atom. The third-order valence-corrected chi connectivity index (χ3v) is 3.79. The maximum absolute atomic E-state index is 13.8. The number of fused-ring (bicyclic) bond motifs is 1. The number of benzene rings is 1. The molecule has 3 rings (SSSR count). The molecule has 19 heavy (non-hydrogen) atoms. The molecule has 2 fully saturated rings. The van der Waals surface area contributed by atoms with Gasteiger partial charge >= 0.3 is 6.03 Å². The van der Waals surface area contributed by atoms with Crippen molar-refractivity contribution in [3.05, 3.63) is 29.6 Å². The molecule has 0 radical (unpaired) electrons. The van der Waals surface area contributed by atoms with Gasteiger partial charge in [0.05, 0.1) is 6.04 Å². The van der Waals surface area contributed by atoms with Gasteiger partial charge in [0.1, 0.15) is 5.82 Å². The first-order chi connectivity index (χ1) is 9.13. The van der Waals surface area contributed by atoms with E-state index in [0.29, 0.717) is 30.9 Å². The van der Waals surface area contributed by atoms with Gasteiger partial charge in [-0.2, -0.15) is 0 Å². The van der Waals surface area contributed by atoms with Gasteiger partial charge in [-0.25, -0.2) is 9.18 Å². The van der Waals surface area contributed by atoms with Crippen LogP contribution in [0.4, 0.5) is 14.9 Å². The number of carbonyl (C=O) groups excluding carboxylic acids is 1. The van der Waals surface area contributed by atoms with Crippen molar-refractivity contribution in [2.24, 2.45) is 0 Å². The van der Waals surface area contributed by atoms with Crippen LogP contribution in [0.3, 0.4) is 0 Å². The molecule has 3 N–H and O–H groups in total. The lowest BCUT2D eigenvalue weighted by atomic mass is 10.1. The normalized spacial score (nSPS) is 23.3. The molecule has 2 saturated heterocycles. The molecule has 0 bridgehead atoms. The highest BCUT2D eigenvalue weighted by Crippen LogP contribution is 2.18. The summed E-state index contributed by atoms with van der Waals surface area (Å²) in [6.07, 6.45) is 0. The molecule has 1 unspecified atom stereocenters. The number of halogens is 1. The number of nitrogens with one attached hydrogen (secondary N) is 1. The molecule has 2 aliphatic rings. The maximum atomic E-state index is 13.8. The Morgan fingerprint density at radius 3 is 3.05 bits per heavy atom. The minimum absolute atomic E-state index is 0.0170. The van der Waals surface area contributed by atoms with E-state index in [4.69, 9.17) is 5.73 Å². The van der Waals surface area contributed by atoms with Gasteiger partial charge < -0.3 is 16.0 Å². The molecule has 1 atom stereocenters. The van der Waals surface area contributed by atoms with E-state index in [2.05, 4.69) is 10.2 Å². The lowest BCUT2D eigenvalue weighted by Gasteiger charge is -2.36. The Labute approximate surface area is 111 Å². The second-order valence-corrected chi connectivity index (χ2v) is 5.12. The number of nitrogens with zero attached hydrogens (tertiary/aromatic N) is 2. The highest BCUT2D eigenvalue weighted by atomic mass is 19.1. The molecule has 102 valence electrons. The van der Waals surface area contributed by atoms with Gasteiger partial charge in [0.15, 0.2) is 0 Å². The number of nitrogen functional groups attached to an aromatic ring is 1. The van der Waals surface area contributed by atoms with Crippen molar-refractivity contribution in [3.63, 3.8) is 0 Å². The summed E-state index contributed by atoms with van der Waals surface area (Å²) < 4.78 is 13.8. The number of hydrogen-bond donors (Lipinski definition) is 2. The van der Waals surface area contributed by atoms with Gasteiger partial charge in [-0.15, -0.1) is 0 Å². The van der Waals surface area contributed by atoms with Crippen molar-refractivity contribution in [2.45, 2.75) is 12.6 Å². The van der Waals surface area contributed by atoms with Crippen molar-refractivity contribution in [3.8, 4) is 0 Å². The van der Waals surface area contributed by atoms with Gasteiger partial charge in [-0.1, -0.05) is 6.07 Å². The number of rotatable bonds is 2. The molecule has 2 aliphatic heterocycles. The molecular formula is C13H17FN4O. The first kappa shape index (κ1) is 12.2. The molecule has 5 nitrogen and oxygen atoms in total. The summed E-state index contributed by atoms with van der Waals surface area (Å²) in [5.74, 6) is -0.261. The molecule has 2 amide bonds. The molecule has 2 heterocycles. The number of piperazine rings is 1. The number of urea groups is 1. The third kappa shape index (κ3) is 2.35. The summed E-state index contributed by atoms with van der Waals surface area (Å²) in [5.41, 5.74) is 6.63. The number of carbonyl (C=O) groups is 1. The summed E-state index contributed by atoms with van der Waals surface area (Å²) in [7, 11) is 0. The third-order valence-electron chi connectivity index (χ3n) is 3.79. The summed E-state index contributed by atoms with van der Waals surface area (Å²) in [4.78, 5) is 15.5. The van der Waals surface area contributed by atoms with Crippen LogP contribution in [-0.4, -0.2) is 48.1 Å². The standard InChI is InChI=1S/C13H17FN4O/c14-12-5-10(15)2-1-9(12)7-17-3-4-18-11(8-17)6-16-13(18)19/h1-2,5,11H,3-4,6-8,15H2,(H,16,19). The zero-order chi connectivity index (χ0) is 13.4. The minimum atomic E-state index is -0.261. The van der Waals surface area contributed by atoms with E-state index < -0.39 is 0 Å². The molecule has 0 spiro atoms. The molecule has 6 heteroatoms. The smallest absolute Gasteiger partial charge is 0.317 e. The van der Waals surface area contributed by atoms with Gasteiger partial charge in [-0.3, -0.25) is 4.90 Å². The topological polar surface area (TPSA) is 61.6 Å². The zero-order valence-electron chi connectivity index (χ0n) is 10.6. The van der Waals surface area contributed by atoms with Gasteiger partial charge in [0, 0.05) is 44.0 Å². The van der Waals surface area contributed by atoms with Crippen LogP contribution in [-0.2, 0) is 6.54 Å². The highest BCUT2D eigenvalue weighted by molar-refractivity contribution is 5.77. The fourth-order valence-corrected chi connectivity index (χ4v) is 2.74. The Morgan fingerprint density at radius 2 is 2.26 bits per heavy atom. The maximum Gasteiger partial charge on any atom is 0.317 e. The summed E-state index contributed by atoms with van der Waals surface area (Å²) in [6, 6.07) is 5.03. The van der Waals surface area contributed by atoms with E-state index >= 15 is 0 Å². The Balaban J connectivity index is 1.66. The Kier molecular flexibility index (Phi) is 3.02. The average molecular weight is 264 g/mol. The van der Waals surface area contributed by atoms with Crippen LogP contribution in [0.2, 0.25) is 0 Å². The van der Waals surface area contributed by atoms with E-state index in [1.807, 2.05) is 4.90 Å². The SMILES string of the molecule is Nc1ccc(CN2CCN3C(=O)NCC3C2)c(F)c1. The molecule has 1 aromatic rings. The van der Waals surface area contributed by atoms with Crippen LogP contribution in [0.25, 0.3) is 0 Å². The van der Waals surface area contributed by atoms with Crippen molar-refractivity contribution >= 4 is 11.7 Å². The van der Waals surface area contributed by atoms with Crippen LogP contribution in [0.15, 0.2) is 18.2 Å². The van der Waals surface area contributed by atoms with Gasteiger partial charge in [0.25, 0.3) is 0 Å². The fraction of sp³-hybridized carbons (Fsp3) is 0.462. The van der Waals surface area contributed by atoms with Gasteiger partial charge in [-0.05, 0) is 12.1 Å². The molecule has 0 aromatic heterocycles. The van der Waals surface area contributed by atoms with Crippen molar-refractivity contribution in [2.75, 3.05) is 31.9 Å². The van der Waals surface area contributed by atoms with Crippen LogP contribution < -0.4 is 11.1 Å². The van der Waals surface area contributed by atoms with Crippen LogP contribution >= 0.6 is 0 Å². The largest absolute Gasteiger partial charge is 0.399 e. The molecule has 0 saturated carbocycles. The molecule has 0 aliphatic carbocycles.